The molecule has 1 aromatic rings. The first-order chi connectivity index (χ1) is 10.7. The molecule has 0 aromatic heterocycles. The molecule has 2 N–H and O–H groups in total. The maximum Gasteiger partial charge on any atom is 0.238 e. The van der Waals surface area contributed by atoms with Crippen LogP contribution in [0.2, 0.25) is 0 Å². The zero-order valence-corrected chi connectivity index (χ0v) is 14.7. The molecule has 0 radical (unpaired) electrons. The van der Waals surface area contributed by atoms with Crippen LogP contribution in [0.5, 0.6) is 5.75 Å². The summed E-state index contributed by atoms with van der Waals surface area (Å²) in [4.78, 5) is 12.2. The zero-order chi connectivity index (χ0) is 17.1. The van der Waals surface area contributed by atoms with E-state index in [-0.39, 0.29) is 29.7 Å². The third kappa shape index (κ3) is 4.69. The molecule has 0 saturated carbocycles. The van der Waals surface area contributed by atoms with Gasteiger partial charge in [-0.2, -0.15) is 0 Å². The largest absolute Gasteiger partial charge is 0.492 e. The van der Waals surface area contributed by atoms with Gasteiger partial charge in [-0.1, -0.05) is 12.1 Å². The minimum absolute atomic E-state index is 0.0855. The van der Waals surface area contributed by atoms with E-state index in [1.165, 1.54) is 0 Å². The standard InChI is InChI=1S/C18H28N2O3/c1-6-22-14-10-8-7-9-13(14)20-16(21)12-19-15-11-17(2,3)23-18(15,4)5/h7-10,15,19H,6,11-12H2,1-5H3,(H,20,21)/t15-/m1/s1. The fourth-order valence-corrected chi connectivity index (χ4v) is 3.14. The molecule has 1 aliphatic heterocycles. The van der Waals surface area contributed by atoms with Crippen LogP contribution in [-0.4, -0.2) is 36.3 Å². The maximum atomic E-state index is 12.2. The molecular weight excluding hydrogens is 292 g/mol. The van der Waals surface area contributed by atoms with Crippen molar-refractivity contribution in [3.63, 3.8) is 0 Å². The van der Waals surface area contributed by atoms with Gasteiger partial charge in [0.2, 0.25) is 5.91 Å². The average molecular weight is 320 g/mol. The van der Waals surface area contributed by atoms with Crippen LogP contribution in [0, 0.1) is 0 Å². The van der Waals surface area contributed by atoms with Crippen molar-refractivity contribution in [2.45, 2.75) is 58.3 Å². The first-order valence-electron chi connectivity index (χ1n) is 8.19. The SMILES string of the molecule is CCOc1ccccc1NC(=O)CN[C@@H]1CC(C)(C)OC1(C)C. The molecule has 0 aliphatic carbocycles. The molecule has 5 heteroatoms. The topological polar surface area (TPSA) is 59.6 Å². The van der Waals surface area contributed by atoms with Crippen molar-refractivity contribution >= 4 is 11.6 Å². The summed E-state index contributed by atoms with van der Waals surface area (Å²) in [6.45, 7) is 11.0. The Morgan fingerprint density at radius 1 is 1.30 bits per heavy atom. The van der Waals surface area contributed by atoms with Crippen molar-refractivity contribution < 1.29 is 14.3 Å². The maximum absolute atomic E-state index is 12.2. The molecule has 23 heavy (non-hydrogen) atoms. The van der Waals surface area contributed by atoms with E-state index < -0.39 is 0 Å². The van der Waals surface area contributed by atoms with Gasteiger partial charge in [0.15, 0.2) is 0 Å². The summed E-state index contributed by atoms with van der Waals surface area (Å²) in [5.41, 5.74) is 0.245. The Morgan fingerprint density at radius 3 is 2.61 bits per heavy atom. The highest BCUT2D eigenvalue weighted by Crippen LogP contribution is 2.37. The monoisotopic (exact) mass is 320 g/mol. The third-order valence-corrected chi connectivity index (χ3v) is 4.04. The van der Waals surface area contributed by atoms with E-state index in [2.05, 4.69) is 38.3 Å². The molecule has 0 spiro atoms. The molecule has 5 nitrogen and oxygen atoms in total. The lowest BCUT2D eigenvalue weighted by Crippen LogP contribution is -2.46. The Balaban J connectivity index is 1.91. The number of amides is 1. The number of rotatable bonds is 6. The number of hydrogen-bond donors (Lipinski definition) is 2. The average Bonchev–Trinajstić information content (AvgIpc) is 2.66. The Morgan fingerprint density at radius 2 is 2.00 bits per heavy atom. The highest BCUT2D eigenvalue weighted by Gasteiger charge is 2.45. The molecule has 1 amide bonds. The quantitative estimate of drug-likeness (QED) is 0.846. The van der Waals surface area contributed by atoms with Gasteiger partial charge in [-0.15, -0.1) is 0 Å². The van der Waals surface area contributed by atoms with Gasteiger partial charge in [0.05, 0.1) is 30.0 Å². The van der Waals surface area contributed by atoms with Crippen LogP contribution in [0.3, 0.4) is 0 Å². The predicted molar refractivity (Wildman–Crippen MR) is 91.9 cm³/mol. The number of anilines is 1. The summed E-state index contributed by atoms with van der Waals surface area (Å²) in [6, 6.07) is 7.60. The number of carbonyl (C=O) groups is 1. The minimum Gasteiger partial charge on any atom is -0.492 e. The van der Waals surface area contributed by atoms with E-state index in [0.717, 1.165) is 6.42 Å². The van der Waals surface area contributed by atoms with Gasteiger partial charge in [0.25, 0.3) is 0 Å². The summed E-state index contributed by atoms with van der Waals surface area (Å²) in [5, 5.41) is 6.22. The van der Waals surface area contributed by atoms with E-state index in [1.807, 2.05) is 31.2 Å². The Kier molecular flexibility index (Phi) is 5.32. The van der Waals surface area contributed by atoms with Gasteiger partial charge in [0, 0.05) is 6.04 Å². The minimum atomic E-state index is -0.285. The number of para-hydroxylation sites is 2. The van der Waals surface area contributed by atoms with Crippen LogP contribution in [-0.2, 0) is 9.53 Å². The van der Waals surface area contributed by atoms with Gasteiger partial charge >= 0.3 is 0 Å². The molecule has 1 atom stereocenters. The first kappa shape index (κ1) is 17.8. The molecule has 1 heterocycles. The molecular formula is C18H28N2O3. The Labute approximate surface area is 138 Å². The Bertz CT molecular complexity index is 555. The molecule has 0 bridgehead atoms. The molecule has 1 saturated heterocycles. The molecule has 2 rings (SSSR count). The summed E-state index contributed by atoms with van der Waals surface area (Å²) in [6.07, 6.45) is 0.878. The predicted octanol–water partition coefficient (Wildman–Crippen LogP) is 2.96. The fourth-order valence-electron chi connectivity index (χ4n) is 3.14. The van der Waals surface area contributed by atoms with Crippen molar-refractivity contribution in [3.8, 4) is 5.75 Å². The van der Waals surface area contributed by atoms with Crippen LogP contribution >= 0.6 is 0 Å². The van der Waals surface area contributed by atoms with Gasteiger partial charge in [-0.25, -0.2) is 0 Å². The molecule has 128 valence electrons. The molecule has 1 fully saturated rings. The Hall–Kier alpha value is -1.59. The second-order valence-electron chi connectivity index (χ2n) is 7.08. The number of nitrogens with one attached hydrogen (secondary N) is 2. The van der Waals surface area contributed by atoms with Crippen molar-refractivity contribution in [2.24, 2.45) is 0 Å². The van der Waals surface area contributed by atoms with Gasteiger partial charge in [-0.3, -0.25) is 4.79 Å². The van der Waals surface area contributed by atoms with Crippen LogP contribution in [0.4, 0.5) is 5.69 Å². The van der Waals surface area contributed by atoms with E-state index in [9.17, 15) is 4.79 Å². The normalized spacial score (nSPS) is 21.9. The van der Waals surface area contributed by atoms with Crippen LogP contribution in [0.25, 0.3) is 0 Å². The van der Waals surface area contributed by atoms with Crippen molar-refractivity contribution in [1.82, 2.24) is 5.32 Å². The van der Waals surface area contributed by atoms with Crippen molar-refractivity contribution in [2.75, 3.05) is 18.5 Å². The molecule has 0 unspecified atom stereocenters. The number of carbonyl (C=O) groups excluding carboxylic acids is 1. The lowest BCUT2D eigenvalue weighted by molar-refractivity contribution is -0.115. The summed E-state index contributed by atoms with van der Waals surface area (Å²) >= 11 is 0. The van der Waals surface area contributed by atoms with Crippen LogP contribution in [0.15, 0.2) is 24.3 Å². The van der Waals surface area contributed by atoms with Crippen molar-refractivity contribution in [3.05, 3.63) is 24.3 Å². The molecule has 1 aliphatic rings. The van der Waals surface area contributed by atoms with E-state index in [1.54, 1.807) is 0 Å². The first-order valence-corrected chi connectivity index (χ1v) is 8.19. The van der Waals surface area contributed by atoms with Gasteiger partial charge in [0.1, 0.15) is 5.75 Å². The fraction of sp³-hybridized carbons (Fsp3) is 0.611. The summed E-state index contributed by atoms with van der Waals surface area (Å²) < 4.78 is 11.6. The van der Waals surface area contributed by atoms with Crippen molar-refractivity contribution in [1.29, 1.82) is 0 Å². The third-order valence-electron chi connectivity index (χ3n) is 4.04. The number of hydrogen-bond acceptors (Lipinski definition) is 4. The summed E-state index contributed by atoms with van der Waals surface area (Å²) in [5.74, 6) is 0.603. The van der Waals surface area contributed by atoms with E-state index in [0.29, 0.717) is 18.0 Å². The molecule has 1 aromatic carbocycles. The lowest BCUT2D eigenvalue weighted by atomic mass is 9.94. The lowest BCUT2D eigenvalue weighted by Gasteiger charge is -2.27. The van der Waals surface area contributed by atoms with E-state index in [4.69, 9.17) is 9.47 Å². The number of benzene rings is 1. The van der Waals surface area contributed by atoms with Crippen LogP contribution < -0.4 is 15.4 Å². The summed E-state index contributed by atoms with van der Waals surface area (Å²) in [7, 11) is 0. The van der Waals surface area contributed by atoms with E-state index >= 15 is 0 Å². The highest BCUT2D eigenvalue weighted by molar-refractivity contribution is 5.93. The number of ether oxygens (including phenoxy) is 2. The zero-order valence-electron chi connectivity index (χ0n) is 14.7. The second kappa shape index (κ2) is 6.89. The second-order valence-corrected chi connectivity index (χ2v) is 7.08. The van der Waals surface area contributed by atoms with Gasteiger partial charge < -0.3 is 20.1 Å². The van der Waals surface area contributed by atoms with Crippen LogP contribution in [0.1, 0.15) is 41.0 Å². The van der Waals surface area contributed by atoms with Gasteiger partial charge in [-0.05, 0) is 53.2 Å². The highest BCUT2D eigenvalue weighted by atomic mass is 16.5. The smallest absolute Gasteiger partial charge is 0.238 e.